The molecule has 0 aliphatic carbocycles. The lowest BCUT2D eigenvalue weighted by Gasteiger charge is -2.38. The van der Waals surface area contributed by atoms with Gasteiger partial charge in [-0.2, -0.15) is 0 Å². The van der Waals surface area contributed by atoms with Gasteiger partial charge in [0.1, 0.15) is 23.1 Å². The van der Waals surface area contributed by atoms with E-state index in [0.29, 0.717) is 32.9 Å². The zero-order valence-corrected chi connectivity index (χ0v) is 55.3. The highest BCUT2D eigenvalue weighted by molar-refractivity contribution is 7.73. The molecule has 13 rings (SSSR count). The Morgan fingerprint density at radius 3 is 0.698 bits per heavy atom. The van der Waals surface area contributed by atoms with Crippen molar-refractivity contribution in [3.63, 3.8) is 0 Å². The molecule has 2 unspecified atom stereocenters. The highest BCUT2D eigenvalue weighted by Crippen LogP contribution is 2.74. The molecular formula is C78H72N8O8P2. The van der Waals surface area contributed by atoms with Crippen LogP contribution in [0.25, 0.3) is 0 Å². The summed E-state index contributed by atoms with van der Waals surface area (Å²) in [6, 6.07) is 72.6. The van der Waals surface area contributed by atoms with Gasteiger partial charge in [-0.1, -0.05) is 218 Å². The molecular weight excluding hydrogens is 1240 g/mol. The average molecular weight is 1310 g/mol. The summed E-state index contributed by atoms with van der Waals surface area (Å²) in [6.07, 6.45) is -0.579. The van der Waals surface area contributed by atoms with Gasteiger partial charge in [-0.05, 0) is 123 Å². The molecule has 9 aromatic rings. The third-order valence-electron chi connectivity index (χ3n) is 18.5. The molecule has 16 nitrogen and oxygen atoms in total. The normalized spacial score (nSPS) is 20.3. The topological polar surface area (TPSA) is 198 Å². The fraction of sp³-hybridized carbons (Fsp3) is 0.205. The van der Waals surface area contributed by atoms with E-state index >= 15 is 38.4 Å². The van der Waals surface area contributed by atoms with Crippen LogP contribution in [0.4, 0.5) is 0 Å². The molecule has 4 N–H and O–H groups in total. The summed E-state index contributed by atoms with van der Waals surface area (Å²) in [5, 5.41) is 20.2. The van der Waals surface area contributed by atoms with Crippen LogP contribution in [0.15, 0.2) is 243 Å². The van der Waals surface area contributed by atoms with Gasteiger partial charge in [-0.15, -0.1) is 0 Å². The number of amides is 8. The van der Waals surface area contributed by atoms with Gasteiger partial charge >= 0.3 is 0 Å². The molecule has 8 amide bonds. The quantitative estimate of drug-likeness (QED) is 0.0609. The number of carbonyl (C=O) groups excluding carboxylic acids is 8. The van der Waals surface area contributed by atoms with Crippen molar-refractivity contribution in [2.75, 3.05) is 0 Å². The van der Waals surface area contributed by atoms with E-state index in [1.54, 1.807) is 48.5 Å². The summed E-state index contributed by atoms with van der Waals surface area (Å²) < 4.78 is 0. The number of hydrogen-bond donors (Lipinski definition) is 4. The first-order valence-corrected chi connectivity index (χ1v) is 35.4. The lowest BCUT2D eigenvalue weighted by Crippen LogP contribution is -2.50. The lowest BCUT2D eigenvalue weighted by molar-refractivity contribution is -0.171. The van der Waals surface area contributed by atoms with Gasteiger partial charge in [0.15, 0.2) is 0 Å². The maximum atomic E-state index is 15.5. The first-order valence-electron chi connectivity index (χ1n) is 32.4. The number of benzene rings is 9. The second-order valence-corrected chi connectivity index (χ2v) is 29.1. The standard InChI is InChI=1S/C78H72N8O8P2/c1-49(53-27-9-5-10-28-53)79-71(91)57-35-17-21-39-61(57)75-83-67(87)45-46-68(88)84(83)76(62-40-22-18-36-58(62)72(92)80-50(2)54-29-11-6-12-30-54)95(75)65-43-25-26-44-66(65)96-77(63-41-23-19-37-59(63)73(93)81-51(3)55-31-13-7-14-32-55)85-69(89)47-48-70(90)86(85)78(96)64-42-24-20-38-60(64)74(94)82-52(4)56-33-15-8-16-34-56/h5-44,49-52,75-78H,45-48H2,1-4H3,(H,79,91)(H,80,92)(H,81,93)(H,82,94)/t49-,50+,51-,52+,75-,76-,77-,78-,95?,96?/m0/s1. The monoisotopic (exact) mass is 1310 g/mol. The summed E-state index contributed by atoms with van der Waals surface area (Å²) in [7, 11) is -4.41. The highest BCUT2D eigenvalue weighted by atomic mass is 31.1. The molecule has 10 atom stereocenters. The van der Waals surface area contributed by atoms with E-state index in [1.807, 2.05) is 222 Å². The minimum Gasteiger partial charge on any atom is -0.346 e. The molecule has 4 aliphatic heterocycles. The van der Waals surface area contributed by atoms with Crippen molar-refractivity contribution in [1.29, 1.82) is 0 Å². The van der Waals surface area contributed by atoms with Gasteiger partial charge in [0, 0.05) is 47.9 Å². The molecule has 96 heavy (non-hydrogen) atoms. The van der Waals surface area contributed by atoms with Crippen LogP contribution in [0.5, 0.6) is 0 Å². The summed E-state index contributed by atoms with van der Waals surface area (Å²) in [4.78, 5) is 123. The van der Waals surface area contributed by atoms with Gasteiger partial charge in [0.05, 0.1) is 24.2 Å². The molecule has 4 heterocycles. The summed E-state index contributed by atoms with van der Waals surface area (Å²) in [5.74, 6) is -7.60. The van der Waals surface area contributed by atoms with Crippen LogP contribution in [-0.4, -0.2) is 67.3 Å². The van der Waals surface area contributed by atoms with Gasteiger partial charge in [0.25, 0.3) is 23.6 Å². The van der Waals surface area contributed by atoms with Crippen LogP contribution in [0.2, 0.25) is 0 Å². The zero-order valence-electron chi connectivity index (χ0n) is 53.5. The van der Waals surface area contributed by atoms with Crippen LogP contribution in [0, 0.1) is 0 Å². The molecule has 0 spiro atoms. The van der Waals surface area contributed by atoms with E-state index in [9.17, 15) is 0 Å². The van der Waals surface area contributed by atoms with Crippen LogP contribution in [0.1, 0.15) is 187 Å². The fourth-order valence-electron chi connectivity index (χ4n) is 13.8. The van der Waals surface area contributed by atoms with Gasteiger partial charge in [0.2, 0.25) is 23.6 Å². The Balaban J connectivity index is 1.07. The second-order valence-electron chi connectivity index (χ2n) is 24.5. The van der Waals surface area contributed by atoms with Crippen molar-refractivity contribution in [2.24, 2.45) is 0 Å². The summed E-state index contributed by atoms with van der Waals surface area (Å²) >= 11 is 0. The maximum Gasteiger partial charge on any atom is 0.252 e. The molecule has 0 aromatic heterocycles. The smallest absolute Gasteiger partial charge is 0.252 e. The largest absolute Gasteiger partial charge is 0.346 e. The van der Waals surface area contributed by atoms with E-state index in [-0.39, 0.29) is 71.6 Å². The number of hydrogen-bond acceptors (Lipinski definition) is 8. The van der Waals surface area contributed by atoms with Crippen molar-refractivity contribution >= 4 is 73.7 Å². The van der Waals surface area contributed by atoms with Crippen molar-refractivity contribution in [3.05, 3.63) is 309 Å². The molecule has 0 bridgehead atoms. The molecule has 0 radical (unpaired) electrons. The summed E-state index contributed by atoms with van der Waals surface area (Å²) in [6.45, 7) is 7.58. The first-order chi connectivity index (χ1) is 46.7. The molecule has 0 saturated carbocycles. The minimum absolute atomic E-state index is 0.145. The van der Waals surface area contributed by atoms with E-state index in [1.165, 1.54) is 20.0 Å². The van der Waals surface area contributed by atoms with E-state index in [2.05, 4.69) is 21.3 Å². The average Bonchev–Trinajstić information content (AvgIpc) is 1.55. The predicted octanol–water partition coefficient (Wildman–Crippen LogP) is 13.4. The van der Waals surface area contributed by atoms with Gasteiger partial charge in [-0.25, -0.2) is 20.0 Å². The highest BCUT2D eigenvalue weighted by Gasteiger charge is 2.60. The Morgan fingerprint density at radius 2 is 0.479 bits per heavy atom. The molecule has 18 heteroatoms. The van der Waals surface area contributed by atoms with Crippen LogP contribution < -0.4 is 31.9 Å². The van der Waals surface area contributed by atoms with Crippen LogP contribution >= 0.6 is 15.8 Å². The van der Waals surface area contributed by atoms with Crippen molar-refractivity contribution in [1.82, 2.24) is 41.3 Å². The Hall–Kier alpha value is -10.4. The minimum atomic E-state index is -2.20. The molecule has 4 aliphatic rings. The number of rotatable bonds is 18. The predicted molar refractivity (Wildman–Crippen MR) is 371 cm³/mol. The van der Waals surface area contributed by atoms with Crippen molar-refractivity contribution in [2.45, 2.75) is 101 Å². The van der Waals surface area contributed by atoms with Crippen LogP contribution in [0.3, 0.4) is 0 Å². The number of carbonyl (C=O) groups is 8. The van der Waals surface area contributed by atoms with Crippen molar-refractivity contribution in [3.8, 4) is 0 Å². The fourth-order valence-corrected chi connectivity index (χ4v) is 21.3. The second kappa shape index (κ2) is 27.9. The molecule has 4 fully saturated rings. The lowest BCUT2D eigenvalue weighted by atomic mass is 10.0. The molecule has 9 aromatic carbocycles. The molecule has 482 valence electrons. The summed E-state index contributed by atoms with van der Waals surface area (Å²) in [5.41, 5.74) is 6.21. The Labute approximate surface area is 560 Å². The molecule has 4 saturated heterocycles. The zero-order chi connectivity index (χ0) is 66.7. The Morgan fingerprint density at radius 1 is 0.292 bits per heavy atom. The van der Waals surface area contributed by atoms with E-state index in [0.717, 1.165) is 22.3 Å². The van der Waals surface area contributed by atoms with Crippen LogP contribution in [-0.2, 0) is 19.2 Å². The van der Waals surface area contributed by atoms with E-state index < -0.39 is 86.8 Å². The van der Waals surface area contributed by atoms with Gasteiger partial charge in [-0.3, -0.25) is 38.4 Å². The Bertz CT molecular complexity index is 3910. The Kier molecular flexibility index (Phi) is 18.7. The third kappa shape index (κ3) is 12.4. The van der Waals surface area contributed by atoms with E-state index in [4.69, 9.17) is 0 Å². The van der Waals surface area contributed by atoms with Gasteiger partial charge < -0.3 is 21.3 Å². The number of nitrogens with one attached hydrogen (secondary N) is 4. The number of hydrazine groups is 2. The SMILES string of the molecule is C[C@H](NC(=O)c1ccccc1[C@H]1N2C(=O)CCC(=O)N2[C@H](c2ccccc2C(=O)N[C@H](C)c2ccccc2)P1c1ccccc1P1[C@@H](c2ccccc2C(=O)N[C@@H](C)c2ccccc2)N2C(=O)CCC(=O)N2[C@@H]1c1ccccc1C(=O)N[C@H](C)c1ccccc1)c1ccccc1. The number of nitrogens with zero attached hydrogens (tertiary/aromatic N) is 4. The number of fused-ring (bicyclic) bond motifs is 2. The maximum absolute atomic E-state index is 15.5. The first kappa shape index (κ1) is 64.3. The van der Waals surface area contributed by atoms with Crippen molar-refractivity contribution < 1.29 is 38.4 Å². The third-order valence-corrected chi connectivity index (χ3v) is 24.7.